The smallest absolute Gasteiger partial charge is 0.332 e. The van der Waals surface area contributed by atoms with Gasteiger partial charge in [0, 0.05) is 20.5 Å². The van der Waals surface area contributed by atoms with Crippen LogP contribution in [0.2, 0.25) is 5.28 Å². The number of carbonyl (C=O) groups excluding carboxylic acids is 1. The van der Waals surface area contributed by atoms with E-state index in [0.29, 0.717) is 23.7 Å². The van der Waals surface area contributed by atoms with E-state index in [0.717, 1.165) is 4.57 Å². The number of furan rings is 2. The Balaban J connectivity index is 1.56. The van der Waals surface area contributed by atoms with Gasteiger partial charge in [0.25, 0.3) is 11.5 Å². The van der Waals surface area contributed by atoms with Gasteiger partial charge in [-0.1, -0.05) is 0 Å². The third-order valence-electron chi connectivity index (χ3n) is 5.44. The maximum Gasteiger partial charge on any atom is 0.332 e. The average molecular weight is 457 g/mol. The third-order valence-corrected chi connectivity index (χ3v) is 5.73. The molecule has 0 bridgehead atoms. The summed E-state index contributed by atoms with van der Waals surface area (Å²) in [7, 11) is 2.83. The number of amides is 1. The highest BCUT2D eigenvalue weighted by molar-refractivity contribution is 6.29. The van der Waals surface area contributed by atoms with Crippen LogP contribution in [0, 0.1) is 0 Å². The first kappa shape index (κ1) is 20.1. The van der Waals surface area contributed by atoms with Gasteiger partial charge in [-0.2, -0.15) is 10.1 Å². The number of carbonyl (C=O) groups is 1. The van der Waals surface area contributed by atoms with Crippen LogP contribution in [0.5, 0.6) is 0 Å². The van der Waals surface area contributed by atoms with E-state index in [9.17, 15) is 14.4 Å². The van der Waals surface area contributed by atoms with E-state index >= 15 is 0 Å². The Morgan fingerprint density at radius 1 is 1.16 bits per heavy atom. The number of hydrogen-bond acceptors (Lipinski definition) is 7. The zero-order valence-electron chi connectivity index (χ0n) is 17.1. The Hall–Kier alpha value is -3.86. The summed E-state index contributed by atoms with van der Waals surface area (Å²) in [5.41, 5.74) is -0.402. The number of hydrazone groups is 1. The molecule has 1 unspecified atom stereocenters. The highest BCUT2D eigenvalue weighted by Gasteiger charge is 2.36. The Labute approximate surface area is 184 Å². The molecule has 4 aromatic rings. The van der Waals surface area contributed by atoms with Crippen molar-refractivity contribution in [1.82, 2.24) is 23.7 Å². The van der Waals surface area contributed by atoms with E-state index in [1.807, 2.05) is 0 Å². The molecule has 4 aromatic heterocycles. The van der Waals surface area contributed by atoms with Gasteiger partial charge in [0.15, 0.2) is 11.2 Å². The summed E-state index contributed by atoms with van der Waals surface area (Å²) in [5, 5.41) is 5.67. The van der Waals surface area contributed by atoms with Crippen molar-refractivity contribution in [2.45, 2.75) is 19.0 Å². The molecule has 0 aliphatic carbocycles. The Bertz CT molecular complexity index is 1480. The van der Waals surface area contributed by atoms with Crippen molar-refractivity contribution < 1.29 is 13.6 Å². The molecule has 1 atom stereocenters. The zero-order valence-corrected chi connectivity index (χ0v) is 17.8. The van der Waals surface area contributed by atoms with Gasteiger partial charge >= 0.3 is 5.69 Å². The molecule has 0 radical (unpaired) electrons. The third kappa shape index (κ3) is 3.01. The lowest BCUT2D eigenvalue weighted by Gasteiger charge is -2.20. The lowest BCUT2D eigenvalue weighted by Crippen LogP contribution is -2.38. The van der Waals surface area contributed by atoms with Gasteiger partial charge in [0.2, 0.25) is 5.28 Å². The van der Waals surface area contributed by atoms with Gasteiger partial charge in [0.05, 0.1) is 12.5 Å². The summed E-state index contributed by atoms with van der Waals surface area (Å²) in [6, 6.07) is 6.50. The van der Waals surface area contributed by atoms with E-state index in [-0.39, 0.29) is 23.0 Å². The van der Waals surface area contributed by atoms with Gasteiger partial charge in [0.1, 0.15) is 29.8 Å². The molecule has 0 spiro atoms. The molecule has 12 heteroatoms. The predicted molar refractivity (Wildman–Crippen MR) is 113 cm³/mol. The number of nitrogens with zero attached hydrogens (tertiary/aromatic N) is 6. The number of hydrogen-bond donors (Lipinski definition) is 0. The fraction of sp³-hybridized carbons (Fsp3) is 0.250. The molecule has 1 aliphatic heterocycles. The number of imidazole rings is 1. The van der Waals surface area contributed by atoms with Crippen LogP contribution in [0.3, 0.4) is 0 Å². The average Bonchev–Trinajstić information content (AvgIpc) is 3.57. The fourth-order valence-electron chi connectivity index (χ4n) is 3.81. The topological polar surface area (TPSA) is 121 Å². The van der Waals surface area contributed by atoms with Crippen LogP contribution in [0.4, 0.5) is 0 Å². The molecule has 0 fully saturated rings. The van der Waals surface area contributed by atoms with Crippen molar-refractivity contribution in [3.05, 3.63) is 74.4 Å². The van der Waals surface area contributed by atoms with Crippen molar-refractivity contribution in [2.24, 2.45) is 19.2 Å². The van der Waals surface area contributed by atoms with E-state index in [1.165, 1.54) is 40.8 Å². The van der Waals surface area contributed by atoms with E-state index in [2.05, 4.69) is 10.1 Å². The molecule has 1 aliphatic rings. The molecule has 1 amide bonds. The Morgan fingerprint density at radius 3 is 2.59 bits per heavy atom. The van der Waals surface area contributed by atoms with Crippen molar-refractivity contribution in [3.63, 3.8) is 0 Å². The first-order valence-corrected chi connectivity index (χ1v) is 10.0. The van der Waals surface area contributed by atoms with Gasteiger partial charge in [-0.15, -0.1) is 0 Å². The molecule has 0 aromatic carbocycles. The number of fused-ring (bicyclic) bond motifs is 1. The molecule has 32 heavy (non-hydrogen) atoms. The van der Waals surface area contributed by atoms with Crippen molar-refractivity contribution in [1.29, 1.82) is 0 Å². The standard InChI is InChI=1S/C20H17ClN6O5/c1-24-17-16(18(29)25(2)20(24)30)26(19(21)22-17)10-15(28)27-12(14-6-4-8-32-14)9-11(23-27)13-5-3-7-31-13/h3-8,12H,9-10H2,1-2H3. The molecule has 5 rings (SSSR count). The second-order valence-electron chi connectivity index (χ2n) is 7.34. The summed E-state index contributed by atoms with van der Waals surface area (Å²) in [5.74, 6) is 0.667. The summed E-state index contributed by atoms with van der Waals surface area (Å²) >= 11 is 6.26. The Morgan fingerprint density at radius 2 is 1.91 bits per heavy atom. The van der Waals surface area contributed by atoms with Crippen LogP contribution < -0.4 is 11.2 Å². The minimum absolute atomic E-state index is 0.0527. The fourth-order valence-corrected chi connectivity index (χ4v) is 4.03. The largest absolute Gasteiger partial charge is 0.467 e. The molecule has 11 nitrogen and oxygen atoms in total. The number of rotatable bonds is 4. The monoisotopic (exact) mass is 456 g/mol. The lowest BCUT2D eigenvalue weighted by atomic mass is 10.1. The second-order valence-corrected chi connectivity index (χ2v) is 7.68. The van der Waals surface area contributed by atoms with Crippen LogP contribution in [-0.4, -0.2) is 35.3 Å². The quantitative estimate of drug-likeness (QED) is 0.430. The lowest BCUT2D eigenvalue weighted by molar-refractivity contribution is -0.133. The van der Waals surface area contributed by atoms with Gasteiger partial charge in [-0.3, -0.25) is 23.3 Å². The minimum atomic E-state index is -0.598. The molecular formula is C20H17ClN6O5. The maximum absolute atomic E-state index is 13.3. The summed E-state index contributed by atoms with van der Waals surface area (Å²) in [6.07, 6.45) is 3.44. The summed E-state index contributed by atoms with van der Waals surface area (Å²) in [4.78, 5) is 42.4. The van der Waals surface area contributed by atoms with Crippen LogP contribution in [-0.2, 0) is 25.4 Å². The van der Waals surface area contributed by atoms with Crippen LogP contribution in [0.1, 0.15) is 24.0 Å². The summed E-state index contributed by atoms with van der Waals surface area (Å²) < 4.78 is 14.4. The van der Waals surface area contributed by atoms with Crippen LogP contribution in [0.25, 0.3) is 11.2 Å². The molecule has 0 N–H and O–H groups in total. The zero-order chi connectivity index (χ0) is 22.6. The predicted octanol–water partition coefficient (Wildman–Crippen LogP) is 1.65. The van der Waals surface area contributed by atoms with E-state index in [1.54, 1.807) is 24.3 Å². The first-order chi connectivity index (χ1) is 15.4. The first-order valence-electron chi connectivity index (χ1n) is 9.65. The van der Waals surface area contributed by atoms with Gasteiger partial charge in [-0.05, 0) is 35.9 Å². The molecule has 0 saturated heterocycles. The molecule has 164 valence electrons. The highest BCUT2D eigenvalue weighted by atomic mass is 35.5. The number of aryl methyl sites for hydroxylation is 1. The summed E-state index contributed by atoms with van der Waals surface area (Å²) in [6.45, 7) is -0.311. The highest BCUT2D eigenvalue weighted by Crippen LogP contribution is 2.33. The van der Waals surface area contributed by atoms with Crippen LogP contribution in [0.15, 0.2) is 60.3 Å². The van der Waals surface area contributed by atoms with Crippen molar-refractivity contribution in [3.8, 4) is 0 Å². The number of halogens is 1. The molecule has 5 heterocycles. The van der Waals surface area contributed by atoms with Gasteiger partial charge in [-0.25, -0.2) is 9.80 Å². The van der Waals surface area contributed by atoms with Gasteiger partial charge < -0.3 is 8.83 Å². The molecule has 0 saturated carbocycles. The minimum Gasteiger partial charge on any atom is -0.467 e. The number of aromatic nitrogens is 4. The SMILES string of the molecule is Cn1c(=O)c2c(nc(Cl)n2CC(=O)N2N=C(c3ccco3)CC2c2ccco2)n(C)c1=O. The van der Waals surface area contributed by atoms with E-state index < -0.39 is 23.2 Å². The normalized spacial score (nSPS) is 16.2. The second kappa shape index (κ2) is 7.38. The molecular weight excluding hydrogens is 440 g/mol. The maximum atomic E-state index is 13.3. The van der Waals surface area contributed by atoms with Crippen molar-refractivity contribution in [2.75, 3.05) is 0 Å². The van der Waals surface area contributed by atoms with E-state index in [4.69, 9.17) is 20.4 Å². The van der Waals surface area contributed by atoms with Crippen LogP contribution >= 0.6 is 11.6 Å². The Kier molecular flexibility index (Phi) is 4.63. The van der Waals surface area contributed by atoms with Crippen molar-refractivity contribution >= 4 is 34.4 Å².